The highest BCUT2D eigenvalue weighted by Crippen LogP contribution is 2.67. The third-order valence-corrected chi connectivity index (χ3v) is 10.9. The summed E-state index contributed by atoms with van der Waals surface area (Å²) in [4.78, 5) is 0. The highest BCUT2D eigenvalue weighted by molar-refractivity contribution is 5.25. The molecule has 0 spiro atoms. The molecule has 4 aliphatic carbocycles. The zero-order chi connectivity index (χ0) is 22.9. The molecule has 1 heteroatoms. The maximum Gasteiger partial charge on any atom is 0.0651 e. The molecule has 3 saturated carbocycles. The topological polar surface area (TPSA) is 9.23 Å². The van der Waals surface area contributed by atoms with Crippen LogP contribution in [0, 0.1) is 46.3 Å². The van der Waals surface area contributed by atoms with Crippen LogP contribution in [-0.4, -0.2) is 12.7 Å². The van der Waals surface area contributed by atoms with Gasteiger partial charge in [-0.25, -0.2) is 0 Å². The normalized spacial score (nSPS) is 42.5. The summed E-state index contributed by atoms with van der Waals surface area (Å²) in [5.74, 6) is 5.57. The van der Waals surface area contributed by atoms with Crippen LogP contribution < -0.4 is 0 Å². The summed E-state index contributed by atoms with van der Waals surface area (Å²) in [7, 11) is 0. The van der Waals surface area contributed by atoms with Crippen LogP contribution in [0.2, 0.25) is 0 Å². The van der Waals surface area contributed by atoms with Crippen molar-refractivity contribution in [1.82, 2.24) is 0 Å². The molecule has 32 heavy (non-hydrogen) atoms. The molecule has 0 aromatic heterocycles. The largest absolute Gasteiger partial charge is 0.374 e. The Bertz CT molecular complexity index is 689. The zero-order valence-electron chi connectivity index (χ0n) is 22.2. The predicted octanol–water partition coefficient (Wildman–Crippen LogP) is 8.99. The van der Waals surface area contributed by atoms with E-state index in [9.17, 15) is 0 Å². The molecular weight excluding hydrogens is 388 g/mol. The molecule has 8 atom stereocenters. The van der Waals surface area contributed by atoms with E-state index in [0.717, 1.165) is 42.1 Å². The summed E-state index contributed by atoms with van der Waals surface area (Å²) in [6, 6.07) is 0. The number of allylic oxidation sites excluding steroid dienone is 2. The SMILES string of the molecule is C/C=C/CO[C@H]1CC[C@@]2(C)C(=CC[C@H]3[C@@H]4CC[C@H]([C@H](C)CCCC(C)C)[C@@]4(C)CC[C@@H]32)C1. The van der Waals surface area contributed by atoms with Gasteiger partial charge >= 0.3 is 0 Å². The van der Waals surface area contributed by atoms with Crippen LogP contribution in [0.5, 0.6) is 0 Å². The minimum absolute atomic E-state index is 0.443. The summed E-state index contributed by atoms with van der Waals surface area (Å²) in [5, 5.41) is 0. The maximum atomic E-state index is 6.20. The first kappa shape index (κ1) is 24.6. The van der Waals surface area contributed by atoms with Gasteiger partial charge in [0.1, 0.15) is 0 Å². The Labute approximate surface area is 199 Å². The minimum Gasteiger partial charge on any atom is -0.374 e. The highest BCUT2D eigenvalue weighted by atomic mass is 16.5. The van der Waals surface area contributed by atoms with Crippen molar-refractivity contribution in [3.63, 3.8) is 0 Å². The summed E-state index contributed by atoms with van der Waals surface area (Å²) >= 11 is 0. The first-order valence-corrected chi connectivity index (χ1v) is 14.2. The van der Waals surface area contributed by atoms with Crippen molar-refractivity contribution >= 4 is 0 Å². The highest BCUT2D eigenvalue weighted by Gasteiger charge is 2.59. The second-order valence-corrected chi connectivity index (χ2v) is 13.1. The number of ether oxygens (including phenoxy) is 1. The Morgan fingerprint density at radius 3 is 2.59 bits per heavy atom. The van der Waals surface area contributed by atoms with Crippen LogP contribution >= 0.6 is 0 Å². The Morgan fingerprint density at radius 2 is 1.84 bits per heavy atom. The summed E-state index contributed by atoms with van der Waals surface area (Å²) in [5.41, 5.74) is 2.81. The van der Waals surface area contributed by atoms with Gasteiger partial charge in [-0.05, 0) is 105 Å². The van der Waals surface area contributed by atoms with Gasteiger partial charge in [-0.3, -0.25) is 0 Å². The second kappa shape index (κ2) is 9.97. The molecule has 0 amide bonds. The van der Waals surface area contributed by atoms with Crippen molar-refractivity contribution in [2.24, 2.45) is 46.3 Å². The van der Waals surface area contributed by atoms with Crippen LogP contribution in [-0.2, 0) is 4.74 Å². The number of rotatable bonds is 8. The molecule has 0 heterocycles. The van der Waals surface area contributed by atoms with Crippen molar-refractivity contribution in [3.05, 3.63) is 23.8 Å². The molecule has 0 aromatic rings. The molecule has 0 aliphatic heterocycles. The smallest absolute Gasteiger partial charge is 0.0651 e. The lowest BCUT2D eigenvalue weighted by Gasteiger charge is -2.58. The van der Waals surface area contributed by atoms with Crippen LogP contribution in [0.15, 0.2) is 23.8 Å². The van der Waals surface area contributed by atoms with Crippen LogP contribution in [0.4, 0.5) is 0 Å². The lowest BCUT2D eigenvalue weighted by molar-refractivity contribution is -0.0621. The van der Waals surface area contributed by atoms with Gasteiger partial charge in [0.05, 0.1) is 12.7 Å². The van der Waals surface area contributed by atoms with E-state index in [1.54, 1.807) is 5.57 Å². The van der Waals surface area contributed by atoms with Gasteiger partial charge in [-0.15, -0.1) is 0 Å². The predicted molar refractivity (Wildman–Crippen MR) is 138 cm³/mol. The maximum absolute atomic E-state index is 6.20. The van der Waals surface area contributed by atoms with Crippen molar-refractivity contribution < 1.29 is 4.74 Å². The van der Waals surface area contributed by atoms with Gasteiger partial charge in [0.15, 0.2) is 0 Å². The van der Waals surface area contributed by atoms with E-state index in [0.29, 0.717) is 16.9 Å². The molecule has 182 valence electrons. The molecule has 0 radical (unpaired) electrons. The first-order valence-electron chi connectivity index (χ1n) is 14.2. The van der Waals surface area contributed by atoms with E-state index in [-0.39, 0.29) is 0 Å². The summed E-state index contributed by atoms with van der Waals surface area (Å²) in [6.07, 6.45) is 22.8. The Kier molecular flexibility index (Phi) is 7.65. The fourth-order valence-electron chi connectivity index (χ4n) is 9.08. The van der Waals surface area contributed by atoms with Crippen molar-refractivity contribution in [2.45, 2.75) is 118 Å². The van der Waals surface area contributed by atoms with Crippen LogP contribution in [0.1, 0.15) is 112 Å². The van der Waals surface area contributed by atoms with Gasteiger partial charge in [-0.1, -0.05) is 77.7 Å². The molecule has 3 fully saturated rings. The van der Waals surface area contributed by atoms with E-state index in [2.05, 4.69) is 59.8 Å². The molecule has 4 aliphatic rings. The van der Waals surface area contributed by atoms with E-state index in [4.69, 9.17) is 4.74 Å². The lowest BCUT2D eigenvalue weighted by Crippen LogP contribution is -2.51. The van der Waals surface area contributed by atoms with Crippen LogP contribution in [0.3, 0.4) is 0 Å². The molecule has 0 saturated heterocycles. The average molecular weight is 441 g/mol. The van der Waals surface area contributed by atoms with Gasteiger partial charge in [0.2, 0.25) is 0 Å². The molecule has 0 unspecified atom stereocenters. The zero-order valence-corrected chi connectivity index (χ0v) is 22.2. The van der Waals surface area contributed by atoms with Gasteiger partial charge in [0, 0.05) is 0 Å². The summed E-state index contributed by atoms with van der Waals surface area (Å²) in [6.45, 7) is 15.6. The summed E-state index contributed by atoms with van der Waals surface area (Å²) < 4.78 is 6.20. The van der Waals surface area contributed by atoms with E-state index in [1.165, 1.54) is 70.6 Å². The molecule has 0 aromatic carbocycles. The van der Waals surface area contributed by atoms with Crippen molar-refractivity contribution in [3.8, 4) is 0 Å². The fourth-order valence-corrected chi connectivity index (χ4v) is 9.08. The van der Waals surface area contributed by atoms with Crippen molar-refractivity contribution in [2.75, 3.05) is 6.61 Å². The fraction of sp³-hybridized carbons (Fsp3) is 0.871. The van der Waals surface area contributed by atoms with Gasteiger partial charge in [0.25, 0.3) is 0 Å². The molecule has 0 bridgehead atoms. The van der Waals surface area contributed by atoms with E-state index >= 15 is 0 Å². The Hall–Kier alpha value is -0.560. The van der Waals surface area contributed by atoms with Gasteiger partial charge < -0.3 is 4.74 Å². The Morgan fingerprint density at radius 1 is 1.03 bits per heavy atom. The number of hydrogen-bond donors (Lipinski definition) is 0. The monoisotopic (exact) mass is 440 g/mol. The van der Waals surface area contributed by atoms with Gasteiger partial charge in [-0.2, -0.15) is 0 Å². The molecule has 0 N–H and O–H groups in total. The lowest BCUT2D eigenvalue weighted by atomic mass is 9.47. The molecule has 4 rings (SSSR count). The number of hydrogen-bond acceptors (Lipinski definition) is 1. The first-order chi connectivity index (χ1) is 15.3. The second-order valence-electron chi connectivity index (χ2n) is 13.1. The molecular formula is C31H52O. The average Bonchev–Trinajstić information content (AvgIpc) is 3.11. The standard InChI is InChI=1S/C31H52O/c1-7-8-20-32-25-16-18-30(5)24(21-25)12-13-26-28-15-14-27(23(4)11-9-10-22(2)3)31(28,6)19-17-29(26)30/h7-8,12,22-23,25-29H,9-11,13-21H2,1-6H3/b8-7+/t23-,25+,26+,27-,28+,29+,30+,31-/m1/s1. The van der Waals surface area contributed by atoms with Crippen LogP contribution in [0.25, 0.3) is 0 Å². The molecule has 1 nitrogen and oxygen atoms in total. The van der Waals surface area contributed by atoms with Crippen molar-refractivity contribution in [1.29, 1.82) is 0 Å². The van der Waals surface area contributed by atoms with E-state index < -0.39 is 0 Å². The minimum atomic E-state index is 0.443. The quantitative estimate of drug-likeness (QED) is 0.342. The van der Waals surface area contributed by atoms with E-state index in [1.807, 2.05) is 0 Å². The Balaban J connectivity index is 1.44. The number of fused-ring (bicyclic) bond motifs is 5. The third-order valence-electron chi connectivity index (χ3n) is 10.9. The third kappa shape index (κ3) is 4.54.